The van der Waals surface area contributed by atoms with E-state index in [2.05, 4.69) is 25.7 Å². The van der Waals surface area contributed by atoms with E-state index < -0.39 is 10.0 Å². The molecule has 0 fully saturated rings. The Morgan fingerprint density at radius 2 is 2.05 bits per heavy atom. The first-order valence-electron chi connectivity index (χ1n) is 6.47. The monoisotopic (exact) mass is 315 g/mol. The van der Waals surface area contributed by atoms with Crippen LogP contribution in [0.5, 0.6) is 0 Å². The summed E-state index contributed by atoms with van der Waals surface area (Å²) in [6.07, 6.45) is 2.90. The average molecular weight is 315 g/mol. The molecule has 7 nitrogen and oxygen atoms in total. The molecule has 1 aromatic carbocycles. The molecule has 0 saturated carbocycles. The molecule has 0 radical (unpaired) electrons. The van der Waals surface area contributed by atoms with Gasteiger partial charge in [0, 0.05) is 11.6 Å². The molecule has 22 heavy (non-hydrogen) atoms. The van der Waals surface area contributed by atoms with Crippen LogP contribution in [0.3, 0.4) is 0 Å². The Labute approximate surface area is 127 Å². The topological polar surface area (TPSA) is 114 Å². The third-order valence-corrected chi connectivity index (χ3v) is 4.86. The van der Waals surface area contributed by atoms with E-state index in [9.17, 15) is 8.42 Å². The highest BCUT2D eigenvalue weighted by Gasteiger charge is 2.21. The number of benzene rings is 1. The Morgan fingerprint density at radius 1 is 1.27 bits per heavy atom. The Morgan fingerprint density at radius 3 is 2.68 bits per heavy atom. The van der Waals surface area contributed by atoms with E-state index in [1.807, 2.05) is 6.92 Å². The summed E-state index contributed by atoms with van der Waals surface area (Å²) in [4.78, 5) is 9.53. The lowest BCUT2D eigenvalue weighted by Gasteiger charge is -2.09. The molecule has 0 atom stereocenters. The van der Waals surface area contributed by atoms with Crippen LogP contribution in [-0.2, 0) is 10.0 Å². The molecule has 0 bridgehead atoms. The van der Waals surface area contributed by atoms with E-state index in [1.54, 1.807) is 25.3 Å². The van der Waals surface area contributed by atoms with Crippen molar-refractivity contribution in [3.63, 3.8) is 0 Å². The fraction of sp³-hybridized carbons (Fsp3) is 0.143. The van der Waals surface area contributed by atoms with E-state index in [-0.39, 0.29) is 5.03 Å². The number of nitrogens with one attached hydrogen (secondary N) is 3. The van der Waals surface area contributed by atoms with Crippen LogP contribution in [0, 0.1) is 25.2 Å². The van der Waals surface area contributed by atoms with Crippen LogP contribution >= 0.6 is 0 Å². The van der Waals surface area contributed by atoms with Crippen LogP contribution in [-0.4, -0.2) is 23.4 Å². The smallest absolute Gasteiger partial charge is 0.281 e. The van der Waals surface area contributed by atoms with Crippen molar-refractivity contribution in [2.24, 2.45) is 0 Å². The van der Waals surface area contributed by atoms with Crippen molar-refractivity contribution in [2.75, 3.05) is 4.72 Å². The Hall–Kier alpha value is -2.79. The summed E-state index contributed by atoms with van der Waals surface area (Å²) in [6, 6.07) is 5.52. The lowest BCUT2D eigenvalue weighted by atomic mass is 10.1. The van der Waals surface area contributed by atoms with Crippen LogP contribution in [0.15, 0.2) is 29.7 Å². The van der Waals surface area contributed by atoms with Gasteiger partial charge in [-0.05, 0) is 25.5 Å². The van der Waals surface area contributed by atoms with Gasteiger partial charge in [-0.2, -0.15) is 13.7 Å². The minimum absolute atomic E-state index is 0.0479. The summed E-state index contributed by atoms with van der Waals surface area (Å²) in [7, 11) is -3.80. The molecule has 3 N–H and O–H groups in total. The fourth-order valence-corrected chi connectivity index (χ4v) is 3.61. The van der Waals surface area contributed by atoms with Gasteiger partial charge >= 0.3 is 0 Å². The molecule has 112 valence electrons. The molecule has 0 amide bonds. The predicted octanol–water partition coefficient (Wildman–Crippen LogP) is 2.18. The van der Waals surface area contributed by atoms with Crippen LogP contribution < -0.4 is 4.72 Å². The molecule has 0 unspecified atom stereocenters. The number of rotatable bonds is 3. The number of nitriles is 1. The van der Waals surface area contributed by atoms with Crippen molar-refractivity contribution in [3.8, 4) is 6.07 Å². The summed E-state index contributed by atoms with van der Waals surface area (Å²) in [6.45, 7) is 3.50. The zero-order valence-corrected chi connectivity index (χ0v) is 12.7. The molecule has 2 heterocycles. The Balaban J connectivity index is 2.13. The predicted molar refractivity (Wildman–Crippen MR) is 81.9 cm³/mol. The summed E-state index contributed by atoms with van der Waals surface area (Å²) >= 11 is 0. The first-order valence-corrected chi connectivity index (χ1v) is 7.96. The van der Waals surface area contributed by atoms with Gasteiger partial charge in [-0.3, -0.25) is 4.72 Å². The highest BCUT2D eigenvalue weighted by Crippen LogP contribution is 2.29. The van der Waals surface area contributed by atoms with Crippen LogP contribution in [0.25, 0.3) is 10.9 Å². The number of imidazole rings is 1. The van der Waals surface area contributed by atoms with Crippen LogP contribution in [0.2, 0.25) is 0 Å². The highest BCUT2D eigenvalue weighted by atomic mass is 32.2. The third-order valence-electron chi connectivity index (χ3n) is 3.45. The number of fused-ring (bicyclic) bond motifs is 1. The normalized spacial score (nSPS) is 11.5. The maximum absolute atomic E-state index is 12.4. The number of aryl methyl sites for hydroxylation is 2. The van der Waals surface area contributed by atoms with Gasteiger partial charge in [0.25, 0.3) is 10.0 Å². The second-order valence-electron chi connectivity index (χ2n) is 4.93. The Kier molecular flexibility index (Phi) is 3.15. The number of aromatic nitrogens is 3. The maximum Gasteiger partial charge on any atom is 0.281 e. The lowest BCUT2D eigenvalue weighted by molar-refractivity contribution is 0.597. The number of hydrogen-bond donors (Lipinski definition) is 3. The van der Waals surface area contributed by atoms with Gasteiger partial charge in [0.15, 0.2) is 5.03 Å². The van der Waals surface area contributed by atoms with Gasteiger partial charge in [-0.15, -0.1) is 0 Å². The minimum atomic E-state index is -3.80. The molecule has 0 aliphatic carbocycles. The van der Waals surface area contributed by atoms with Crippen molar-refractivity contribution < 1.29 is 8.42 Å². The van der Waals surface area contributed by atoms with Crippen LogP contribution in [0.1, 0.15) is 16.8 Å². The molecule has 0 aliphatic heterocycles. The SMILES string of the molecule is Cc1[nH]cnc1S(=O)(=O)Nc1ccc(C)c2c(C#N)c[nH]c12. The number of hydrogen-bond acceptors (Lipinski definition) is 4. The van der Waals surface area contributed by atoms with E-state index in [1.165, 1.54) is 6.33 Å². The maximum atomic E-state index is 12.4. The minimum Gasteiger partial charge on any atom is -0.358 e. The molecule has 2 aromatic heterocycles. The fourth-order valence-electron chi connectivity index (χ4n) is 2.40. The zero-order chi connectivity index (χ0) is 15.9. The number of sulfonamides is 1. The van der Waals surface area contributed by atoms with Gasteiger partial charge in [0.1, 0.15) is 6.07 Å². The van der Waals surface area contributed by atoms with E-state index in [0.717, 1.165) is 5.56 Å². The molecular weight excluding hydrogens is 302 g/mol. The van der Waals surface area contributed by atoms with Crippen molar-refractivity contribution in [3.05, 3.63) is 41.5 Å². The largest absolute Gasteiger partial charge is 0.358 e. The summed E-state index contributed by atoms with van der Waals surface area (Å²) < 4.78 is 27.4. The first kappa shape index (κ1) is 14.2. The molecule has 0 saturated heterocycles. The van der Waals surface area contributed by atoms with Gasteiger partial charge in [0.05, 0.1) is 28.8 Å². The molecular formula is C14H13N5O2S. The molecule has 0 aliphatic rings. The van der Waals surface area contributed by atoms with Gasteiger partial charge in [-0.1, -0.05) is 6.07 Å². The van der Waals surface area contributed by atoms with E-state index in [4.69, 9.17) is 5.26 Å². The van der Waals surface area contributed by atoms with E-state index in [0.29, 0.717) is 27.8 Å². The molecule has 8 heteroatoms. The first-order chi connectivity index (χ1) is 10.4. The van der Waals surface area contributed by atoms with Crippen molar-refractivity contribution in [2.45, 2.75) is 18.9 Å². The summed E-state index contributed by atoms with van der Waals surface area (Å²) in [5, 5.41) is 9.80. The van der Waals surface area contributed by atoms with Gasteiger partial charge in [0.2, 0.25) is 0 Å². The Bertz CT molecular complexity index is 1010. The van der Waals surface area contributed by atoms with Crippen molar-refractivity contribution in [1.82, 2.24) is 15.0 Å². The summed E-state index contributed by atoms with van der Waals surface area (Å²) in [5.41, 5.74) is 2.79. The quantitative estimate of drug-likeness (QED) is 0.687. The number of anilines is 1. The van der Waals surface area contributed by atoms with Crippen molar-refractivity contribution in [1.29, 1.82) is 5.26 Å². The van der Waals surface area contributed by atoms with E-state index >= 15 is 0 Å². The van der Waals surface area contributed by atoms with Crippen molar-refractivity contribution >= 4 is 26.6 Å². The second-order valence-corrected chi connectivity index (χ2v) is 6.53. The second kappa shape index (κ2) is 4.89. The van der Waals surface area contributed by atoms with Gasteiger partial charge < -0.3 is 9.97 Å². The summed E-state index contributed by atoms with van der Waals surface area (Å²) in [5.74, 6) is 0. The standard InChI is InChI=1S/C14H13N5O2S/c1-8-3-4-11(13-12(8)10(5-15)6-16-13)19-22(20,21)14-9(2)17-7-18-14/h3-4,6-7,16,19H,1-2H3,(H,17,18). The zero-order valence-electron chi connectivity index (χ0n) is 11.9. The number of H-pyrrole nitrogens is 2. The average Bonchev–Trinajstić information content (AvgIpc) is 3.08. The highest BCUT2D eigenvalue weighted by molar-refractivity contribution is 7.92. The lowest BCUT2D eigenvalue weighted by Crippen LogP contribution is -2.15. The number of aromatic amines is 2. The number of nitrogens with zero attached hydrogens (tertiary/aromatic N) is 2. The molecule has 0 spiro atoms. The van der Waals surface area contributed by atoms with Crippen LogP contribution in [0.4, 0.5) is 5.69 Å². The third kappa shape index (κ3) is 2.12. The molecule has 3 aromatic rings. The van der Waals surface area contributed by atoms with Gasteiger partial charge in [-0.25, -0.2) is 4.98 Å². The molecule has 3 rings (SSSR count).